The van der Waals surface area contributed by atoms with Crippen molar-refractivity contribution in [2.75, 3.05) is 9.80 Å². The van der Waals surface area contributed by atoms with E-state index in [0.29, 0.717) is 0 Å². The number of para-hydroxylation sites is 2. The third-order valence-corrected chi connectivity index (χ3v) is 12.8. The zero-order valence-corrected chi connectivity index (χ0v) is 36.7. The molecule has 12 rings (SSSR count). The van der Waals surface area contributed by atoms with Gasteiger partial charge < -0.3 is 14.2 Å². The van der Waals surface area contributed by atoms with Gasteiger partial charge in [-0.15, -0.1) is 0 Å². The molecule has 0 saturated carbocycles. The number of furan rings is 1. The fourth-order valence-corrected chi connectivity index (χ4v) is 9.64. The van der Waals surface area contributed by atoms with E-state index in [1.807, 2.05) is 0 Å². The van der Waals surface area contributed by atoms with E-state index in [2.05, 4.69) is 277 Å². The first-order chi connectivity index (χ1) is 33.2. The number of fused-ring (bicyclic) bond motifs is 5. The first-order valence-corrected chi connectivity index (χ1v) is 22.8. The summed E-state index contributed by atoms with van der Waals surface area (Å²) in [6.45, 7) is 0. The maximum Gasteiger partial charge on any atom is 0.143 e. The minimum absolute atomic E-state index is 0.807. The largest absolute Gasteiger partial charge is 0.455 e. The lowest BCUT2D eigenvalue weighted by Gasteiger charge is -2.30. The Bertz CT molecular complexity index is 3660. The number of hydrogen-bond donors (Lipinski definition) is 0. The summed E-state index contributed by atoms with van der Waals surface area (Å²) >= 11 is 0. The lowest BCUT2D eigenvalue weighted by Crippen LogP contribution is -2.13. The van der Waals surface area contributed by atoms with Crippen LogP contribution in [0.5, 0.6) is 0 Å². The highest BCUT2D eigenvalue weighted by Crippen LogP contribution is 2.49. The van der Waals surface area contributed by atoms with Gasteiger partial charge in [0, 0.05) is 39.6 Å². The van der Waals surface area contributed by atoms with E-state index in [4.69, 9.17) is 4.42 Å². The summed E-state index contributed by atoms with van der Waals surface area (Å²) in [5.41, 5.74) is 17.2. The minimum atomic E-state index is 0.807. The molecule has 0 unspecified atom stereocenters. The van der Waals surface area contributed by atoms with Gasteiger partial charge >= 0.3 is 0 Å². The van der Waals surface area contributed by atoms with Gasteiger partial charge in [0.25, 0.3) is 0 Å². The second-order valence-corrected chi connectivity index (χ2v) is 16.9. The summed E-state index contributed by atoms with van der Waals surface area (Å²) < 4.78 is 7.11. The monoisotopic (exact) mass is 856 g/mol. The molecule has 1 aromatic heterocycles. The highest BCUT2D eigenvalue weighted by atomic mass is 16.3. The normalized spacial score (nSPS) is 11.3. The molecule has 3 nitrogen and oxygen atoms in total. The third-order valence-electron chi connectivity index (χ3n) is 12.8. The molecular formula is C64H44N2O. The molecule has 12 aromatic rings. The van der Waals surface area contributed by atoms with Crippen molar-refractivity contribution in [3.63, 3.8) is 0 Å². The molecule has 0 radical (unpaired) electrons. The molecule has 0 aliphatic heterocycles. The van der Waals surface area contributed by atoms with Crippen LogP contribution in [0.4, 0.5) is 34.1 Å². The summed E-state index contributed by atoms with van der Waals surface area (Å²) in [4.78, 5) is 4.74. The van der Waals surface area contributed by atoms with E-state index in [9.17, 15) is 0 Å². The molecule has 0 amide bonds. The number of benzene rings is 11. The van der Waals surface area contributed by atoms with Crippen LogP contribution in [0.3, 0.4) is 0 Å². The van der Waals surface area contributed by atoms with Crippen molar-refractivity contribution in [1.82, 2.24) is 0 Å². The van der Waals surface area contributed by atoms with Crippen LogP contribution in [0.15, 0.2) is 271 Å². The average Bonchev–Trinajstić information content (AvgIpc) is 3.80. The van der Waals surface area contributed by atoms with Crippen LogP contribution in [0.2, 0.25) is 0 Å². The second kappa shape index (κ2) is 17.2. The Morgan fingerprint density at radius 1 is 0.269 bits per heavy atom. The second-order valence-electron chi connectivity index (χ2n) is 16.9. The maximum absolute atomic E-state index is 7.11. The minimum Gasteiger partial charge on any atom is -0.455 e. The molecule has 0 N–H and O–H groups in total. The van der Waals surface area contributed by atoms with E-state index in [1.54, 1.807) is 0 Å². The Labute approximate surface area is 390 Å². The molecule has 0 aliphatic carbocycles. The Balaban J connectivity index is 1.06. The van der Waals surface area contributed by atoms with Crippen molar-refractivity contribution >= 4 is 66.8 Å². The number of hydrogen-bond acceptors (Lipinski definition) is 3. The van der Waals surface area contributed by atoms with Crippen molar-refractivity contribution in [1.29, 1.82) is 0 Å². The molecule has 0 aliphatic rings. The van der Waals surface area contributed by atoms with Crippen LogP contribution in [0.1, 0.15) is 0 Å². The zero-order valence-electron chi connectivity index (χ0n) is 36.7. The molecular weight excluding hydrogens is 813 g/mol. The standard InChI is InChI=1S/C64H44N2O/c1-5-18-45(19-6-1)46-32-34-47(35-33-46)48-36-39-54(40-37-48)65(52-24-9-3-10-25-52)56-43-61(63-60-41-38-50-22-13-14-31-59(50)64(60)67-62(63)44-56)66(53-26-11-4-12-27-53)55-28-17-23-51(42-55)58-30-16-15-29-57(58)49-20-7-2-8-21-49/h1-44H. The van der Waals surface area contributed by atoms with Crippen LogP contribution in [-0.4, -0.2) is 0 Å². The predicted molar refractivity (Wildman–Crippen MR) is 282 cm³/mol. The number of rotatable bonds is 10. The van der Waals surface area contributed by atoms with Gasteiger partial charge in [-0.05, 0) is 111 Å². The summed E-state index contributed by atoms with van der Waals surface area (Å²) in [6, 6.07) is 95.4. The van der Waals surface area contributed by atoms with E-state index in [0.717, 1.165) is 78.0 Å². The Morgan fingerprint density at radius 2 is 0.746 bits per heavy atom. The molecule has 0 fully saturated rings. The molecule has 316 valence electrons. The van der Waals surface area contributed by atoms with Gasteiger partial charge in [-0.25, -0.2) is 0 Å². The molecule has 0 spiro atoms. The van der Waals surface area contributed by atoms with Crippen LogP contribution < -0.4 is 9.80 Å². The van der Waals surface area contributed by atoms with Crippen LogP contribution in [0.25, 0.3) is 77.2 Å². The Hall–Kier alpha value is -8.92. The van der Waals surface area contributed by atoms with Gasteiger partial charge in [-0.1, -0.05) is 200 Å². The lowest BCUT2D eigenvalue weighted by molar-refractivity contribution is 0.673. The maximum atomic E-state index is 7.11. The Kier molecular flexibility index (Phi) is 10.2. The first kappa shape index (κ1) is 39.7. The fourth-order valence-electron chi connectivity index (χ4n) is 9.64. The van der Waals surface area contributed by atoms with Gasteiger partial charge in [-0.3, -0.25) is 0 Å². The van der Waals surface area contributed by atoms with Crippen molar-refractivity contribution in [2.24, 2.45) is 0 Å². The fraction of sp³-hybridized carbons (Fsp3) is 0. The van der Waals surface area contributed by atoms with Crippen molar-refractivity contribution in [3.05, 3.63) is 267 Å². The smallest absolute Gasteiger partial charge is 0.143 e. The SMILES string of the molecule is c1ccc(-c2ccc(-c3ccc(N(c4ccccc4)c4cc(N(c5ccccc5)c5cccc(-c6ccccc6-c6ccccc6)c5)c5c(c4)oc4c6ccccc6ccc45)cc3)cc2)cc1. The van der Waals surface area contributed by atoms with Gasteiger partial charge in [0.2, 0.25) is 0 Å². The van der Waals surface area contributed by atoms with Crippen molar-refractivity contribution in [2.45, 2.75) is 0 Å². The average molecular weight is 857 g/mol. The van der Waals surface area contributed by atoms with E-state index < -0.39 is 0 Å². The van der Waals surface area contributed by atoms with Gasteiger partial charge in [-0.2, -0.15) is 0 Å². The van der Waals surface area contributed by atoms with Gasteiger partial charge in [0.15, 0.2) is 0 Å². The quantitative estimate of drug-likeness (QED) is 0.137. The topological polar surface area (TPSA) is 19.6 Å². The van der Waals surface area contributed by atoms with Crippen LogP contribution >= 0.6 is 0 Å². The van der Waals surface area contributed by atoms with Crippen molar-refractivity contribution < 1.29 is 4.42 Å². The van der Waals surface area contributed by atoms with Gasteiger partial charge in [0.05, 0.1) is 16.8 Å². The summed E-state index contributed by atoms with van der Waals surface area (Å²) in [5, 5.41) is 4.34. The lowest BCUT2D eigenvalue weighted by atomic mass is 9.94. The van der Waals surface area contributed by atoms with Crippen LogP contribution in [0, 0.1) is 0 Å². The Morgan fingerprint density at radius 3 is 1.40 bits per heavy atom. The van der Waals surface area contributed by atoms with Gasteiger partial charge in [0.1, 0.15) is 11.2 Å². The third kappa shape index (κ3) is 7.49. The van der Waals surface area contributed by atoms with Crippen LogP contribution in [-0.2, 0) is 0 Å². The summed E-state index contributed by atoms with van der Waals surface area (Å²) in [5.74, 6) is 0. The number of nitrogens with zero attached hydrogens (tertiary/aromatic N) is 2. The van der Waals surface area contributed by atoms with E-state index >= 15 is 0 Å². The zero-order chi connectivity index (χ0) is 44.5. The summed E-state index contributed by atoms with van der Waals surface area (Å²) in [7, 11) is 0. The van der Waals surface area contributed by atoms with E-state index in [1.165, 1.54) is 33.4 Å². The predicted octanol–water partition coefficient (Wildman–Crippen LogP) is 18.3. The van der Waals surface area contributed by atoms with Crippen molar-refractivity contribution in [3.8, 4) is 44.5 Å². The first-order valence-electron chi connectivity index (χ1n) is 22.8. The molecule has 1 heterocycles. The molecule has 0 bridgehead atoms. The molecule has 0 atom stereocenters. The molecule has 3 heteroatoms. The molecule has 0 saturated heterocycles. The molecule has 11 aromatic carbocycles. The highest BCUT2D eigenvalue weighted by Gasteiger charge is 2.25. The summed E-state index contributed by atoms with van der Waals surface area (Å²) in [6.07, 6.45) is 0. The number of anilines is 6. The van der Waals surface area contributed by atoms with E-state index in [-0.39, 0.29) is 0 Å². The molecule has 67 heavy (non-hydrogen) atoms. The highest BCUT2D eigenvalue weighted by molar-refractivity contribution is 6.20.